The number of rotatable bonds is 0. The first kappa shape index (κ1) is 5.28. The van der Waals surface area contributed by atoms with Crippen LogP contribution < -0.4 is 0 Å². The third-order valence-corrected chi connectivity index (χ3v) is 1.94. The van der Waals surface area contributed by atoms with Gasteiger partial charge in [-0.3, -0.25) is 0 Å². The second-order valence-electron chi connectivity index (χ2n) is 1.71. The molecule has 3 nitrogen and oxygen atoms in total. The molecule has 9 heavy (non-hydrogen) atoms. The molecule has 0 saturated carbocycles. The summed E-state index contributed by atoms with van der Waals surface area (Å²) in [5.41, 5.74) is 1.80. The molecule has 4 heteroatoms. The fraction of sp³-hybridized carbons (Fsp3) is 0. The first-order chi connectivity index (χ1) is 4.38. The standard InChI is InChI=1S/C5H3IN2O/c6-3-1-7-4-2-8-9-5(3)4/h1-2,7H. The summed E-state index contributed by atoms with van der Waals surface area (Å²) in [6.07, 6.45) is 3.55. The zero-order chi connectivity index (χ0) is 6.27. The van der Waals surface area contributed by atoms with Crippen LogP contribution in [0.4, 0.5) is 0 Å². The van der Waals surface area contributed by atoms with Crippen molar-refractivity contribution in [2.24, 2.45) is 0 Å². The number of nitrogens with one attached hydrogen (secondary N) is 1. The molecule has 0 bridgehead atoms. The highest BCUT2D eigenvalue weighted by molar-refractivity contribution is 14.1. The largest absolute Gasteiger partial charge is 0.356 e. The predicted molar refractivity (Wildman–Crippen MR) is 41.1 cm³/mol. The molecule has 2 rings (SSSR count). The van der Waals surface area contributed by atoms with Gasteiger partial charge in [-0.1, -0.05) is 5.16 Å². The van der Waals surface area contributed by atoms with E-state index in [1.165, 1.54) is 0 Å². The normalized spacial score (nSPS) is 10.8. The van der Waals surface area contributed by atoms with Gasteiger partial charge in [0.05, 0.1) is 9.77 Å². The fourth-order valence-electron chi connectivity index (χ4n) is 0.721. The third-order valence-electron chi connectivity index (χ3n) is 1.14. The van der Waals surface area contributed by atoms with Crippen LogP contribution in [0.1, 0.15) is 0 Å². The molecule has 0 fully saturated rings. The van der Waals surface area contributed by atoms with Gasteiger partial charge in [0.1, 0.15) is 5.52 Å². The molecular weight excluding hydrogens is 231 g/mol. The van der Waals surface area contributed by atoms with Crippen molar-refractivity contribution in [2.75, 3.05) is 0 Å². The van der Waals surface area contributed by atoms with E-state index in [4.69, 9.17) is 4.52 Å². The van der Waals surface area contributed by atoms with E-state index in [0.29, 0.717) is 0 Å². The zero-order valence-corrected chi connectivity index (χ0v) is 6.55. The minimum absolute atomic E-state index is 0.843. The summed E-state index contributed by atoms with van der Waals surface area (Å²) in [4.78, 5) is 3.00. The molecule has 0 radical (unpaired) electrons. The molecule has 0 atom stereocenters. The van der Waals surface area contributed by atoms with Crippen LogP contribution in [0, 0.1) is 3.57 Å². The lowest BCUT2D eigenvalue weighted by atomic mass is 10.5. The molecular formula is C5H3IN2O. The van der Waals surface area contributed by atoms with Gasteiger partial charge in [-0.05, 0) is 22.6 Å². The summed E-state index contributed by atoms with van der Waals surface area (Å²) in [5.74, 6) is 0. The van der Waals surface area contributed by atoms with Gasteiger partial charge in [-0.2, -0.15) is 0 Å². The van der Waals surface area contributed by atoms with Gasteiger partial charge >= 0.3 is 0 Å². The molecule has 0 spiro atoms. The third kappa shape index (κ3) is 0.658. The van der Waals surface area contributed by atoms with Gasteiger partial charge in [0.25, 0.3) is 0 Å². The summed E-state index contributed by atoms with van der Waals surface area (Å²) in [6, 6.07) is 0. The number of hydrogen-bond donors (Lipinski definition) is 1. The summed E-state index contributed by atoms with van der Waals surface area (Å²) in [7, 11) is 0. The number of aromatic nitrogens is 2. The minimum Gasteiger partial charge on any atom is -0.356 e. The molecule has 0 aliphatic heterocycles. The average Bonchev–Trinajstić information content (AvgIpc) is 2.35. The lowest BCUT2D eigenvalue weighted by molar-refractivity contribution is 0.455. The Morgan fingerprint density at radius 3 is 3.33 bits per heavy atom. The van der Waals surface area contributed by atoms with Crippen LogP contribution in [0.15, 0.2) is 16.9 Å². The number of H-pyrrole nitrogens is 1. The molecule has 0 aliphatic rings. The van der Waals surface area contributed by atoms with Gasteiger partial charge in [-0.25, -0.2) is 0 Å². The first-order valence-electron chi connectivity index (χ1n) is 2.45. The molecule has 46 valence electrons. The first-order valence-corrected chi connectivity index (χ1v) is 3.53. The molecule has 2 aromatic heterocycles. The Bertz CT molecular complexity index is 324. The Balaban J connectivity index is 2.99. The second-order valence-corrected chi connectivity index (χ2v) is 2.87. The van der Waals surface area contributed by atoms with Crippen molar-refractivity contribution in [3.8, 4) is 0 Å². The Morgan fingerprint density at radius 2 is 2.56 bits per heavy atom. The van der Waals surface area contributed by atoms with Crippen molar-refractivity contribution < 1.29 is 4.52 Å². The average molecular weight is 234 g/mol. The number of halogens is 1. The molecule has 2 heterocycles. The van der Waals surface area contributed by atoms with Crippen molar-refractivity contribution in [2.45, 2.75) is 0 Å². The SMILES string of the molecule is Ic1c[nH]c2cnoc12. The van der Waals surface area contributed by atoms with E-state index >= 15 is 0 Å². The summed E-state index contributed by atoms with van der Waals surface area (Å²) < 4.78 is 5.97. The summed E-state index contributed by atoms with van der Waals surface area (Å²) in [5, 5.41) is 3.61. The van der Waals surface area contributed by atoms with Crippen molar-refractivity contribution in [1.82, 2.24) is 10.1 Å². The highest BCUT2D eigenvalue weighted by atomic mass is 127. The maximum atomic E-state index is 4.90. The van der Waals surface area contributed by atoms with Gasteiger partial charge in [0.15, 0.2) is 5.58 Å². The van der Waals surface area contributed by atoms with Gasteiger partial charge in [0.2, 0.25) is 0 Å². The van der Waals surface area contributed by atoms with Crippen molar-refractivity contribution >= 4 is 33.7 Å². The zero-order valence-electron chi connectivity index (χ0n) is 4.39. The Labute approximate surface area is 64.5 Å². The fourth-order valence-corrected chi connectivity index (χ4v) is 1.27. The highest BCUT2D eigenvalue weighted by Gasteiger charge is 2.02. The highest BCUT2D eigenvalue weighted by Crippen LogP contribution is 2.18. The van der Waals surface area contributed by atoms with E-state index in [1.807, 2.05) is 6.20 Å². The van der Waals surface area contributed by atoms with E-state index < -0.39 is 0 Å². The van der Waals surface area contributed by atoms with E-state index in [1.54, 1.807) is 6.20 Å². The number of aromatic amines is 1. The molecule has 2 aromatic rings. The Kier molecular flexibility index (Phi) is 1.01. The second kappa shape index (κ2) is 1.73. The van der Waals surface area contributed by atoms with E-state index in [2.05, 4.69) is 32.7 Å². The lowest BCUT2D eigenvalue weighted by Crippen LogP contribution is -1.56. The van der Waals surface area contributed by atoms with Crippen molar-refractivity contribution in [3.05, 3.63) is 16.0 Å². The Hall–Kier alpha value is -0.520. The van der Waals surface area contributed by atoms with Crippen LogP contribution in [-0.2, 0) is 0 Å². The minimum atomic E-state index is 0.843. The molecule has 0 amide bonds. The van der Waals surface area contributed by atoms with E-state index in [9.17, 15) is 0 Å². The van der Waals surface area contributed by atoms with E-state index in [-0.39, 0.29) is 0 Å². The molecule has 0 aliphatic carbocycles. The Morgan fingerprint density at radius 1 is 1.67 bits per heavy atom. The van der Waals surface area contributed by atoms with Gasteiger partial charge in [-0.15, -0.1) is 0 Å². The predicted octanol–water partition coefficient (Wildman–Crippen LogP) is 1.76. The van der Waals surface area contributed by atoms with Gasteiger partial charge < -0.3 is 9.51 Å². The van der Waals surface area contributed by atoms with Crippen LogP contribution in [-0.4, -0.2) is 10.1 Å². The quantitative estimate of drug-likeness (QED) is 0.705. The van der Waals surface area contributed by atoms with E-state index in [0.717, 1.165) is 14.7 Å². The molecule has 0 saturated heterocycles. The van der Waals surface area contributed by atoms with Crippen LogP contribution in [0.3, 0.4) is 0 Å². The maximum Gasteiger partial charge on any atom is 0.197 e. The van der Waals surface area contributed by atoms with Crippen molar-refractivity contribution in [3.63, 3.8) is 0 Å². The van der Waals surface area contributed by atoms with Crippen LogP contribution >= 0.6 is 22.6 Å². The van der Waals surface area contributed by atoms with Crippen LogP contribution in [0.2, 0.25) is 0 Å². The van der Waals surface area contributed by atoms with Crippen LogP contribution in [0.5, 0.6) is 0 Å². The monoisotopic (exact) mass is 234 g/mol. The lowest BCUT2D eigenvalue weighted by Gasteiger charge is -1.71. The smallest absolute Gasteiger partial charge is 0.197 e. The summed E-state index contributed by atoms with van der Waals surface area (Å²) >= 11 is 2.18. The molecule has 0 unspecified atom stereocenters. The summed E-state index contributed by atoms with van der Waals surface area (Å²) in [6.45, 7) is 0. The molecule has 0 aromatic carbocycles. The topological polar surface area (TPSA) is 41.8 Å². The number of hydrogen-bond acceptors (Lipinski definition) is 2. The van der Waals surface area contributed by atoms with Gasteiger partial charge in [0, 0.05) is 6.20 Å². The van der Waals surface area contributed by atoms with Crippen LogP contribution in [0.25, 0.3) is 11.1 Å². The molecule has 1 N–H and O–H groups in total. The van der Waals surface area contributed by atoms with Crippen molar-refractivity contribution in [1.29, 1.82) is 0 Å². The number of nitrogens with zero attached hydrogens (tertiary/aromatic N) is 1. The number of fused-ring (bicyclic) bond motifs is 1. The maximum absolute atomic E-state index is 4.90.